The van der Waals surface area contributed by atoms with Gasteiger partial charge < -0.3 is 10.2 Å². The van der Waals surface area contributed by atoms with Crippen LogP contribution in [0.4, 0.5) is 5.69 Å². The lowest BCUT2D eigenvalue weighted by molar-refractivity contribution is -0.143. The summed E-state index contributed by atoms with van der Waals surface area (Å²) in [5.74, 6) is 0.195. The predicted molar refractivity (Wildman–Crippen MR) is 132 cm³/mol. The number of likely N-dealkylation sites (tertiary alicyclic amines) is 1. The normalized spacial score (nSPS) is 28.8. The summed E-state index contributed by atoms with van der Waals surface area (Å²) in [5.41, 5.74) is 4.34. The highest BCUT2D eigenvalue weighted by Crippen LogP contribution is 2.63. The van der Waals surface area contributed by atoms with Gasteiger partial charge in [0.1, 0.15) is 6.33 Å². The molecule has 9 heteroatoms. The van der Waals surface area contributed by atoms with Gasteiger partial charge >= 0.3 is 0 Å². The fourth-order valence-corrected chi connectivity index (χ4v) is 6.81. The van der Waals surface area contributed by atoms with Crippen LogP contribution >= 0.6 is 11.6 Å². The van der Waals surface area contributed by atoms with Gasteiger partial charge in [-0.2, -0.15) is 5.10 Å². The van der Waals surface area contributed by atoms with Crippen molar-refractivity contribution in [3.8, 4) is 11.3 Å². The first-order valence-electron chi connectivity index (χ1n) is 12.3. The first-order chi connectivity index (χ1) is 16.8. The number of hydrogen-bond acceptors (Lipinski definition) is 6. The fourth-order valence-electron chi connectivity index (χ4n) is 6.64. The van der Waals surface area contributed by atoms with Crippen molar-refractivity contribution in [3.63, 3.8) is 0 Å². The van der Waals surface area contributed by atoms with Crippen molar-refractivity contribution in [2.24, 2.45) is 23.2 Å². The van der Waals surface area contributed by atoms with Gasteiger partial charge in [0.15, 0.2) is 0 Å². The van der Waals surface area contributed by atoms with Crippen molar-refractivity contribution >= 4 is 34.6 Å². The standard InChI is InChI=1S/C26H27ClN6O2/c1-26(2)21-22(26)25(35)32(24(21)34)9-14-7-20-23(29-13-30-33(20)10-14)17-8-16(27)3-4-19(17)31-11-15-5-6-28-18(15)12-31/h3-4,7-8,10,13,15,18,21-22,28H,5-6,9,11-12H2,1-2H3/t15-,18+,21?,22?/m1/s1. The monoisotopic (exact) mass is 490 g/mol. The van der Waals surface area contributed by atoms with Crippen LogP contribution in [-0.4, -0.2) is 57.0 Å². The number of fused-ring (bicyclic) bond motifs is 3. The zero-order valence-electron chi connectivity index (χ0n) is 19.7. The van der Waals surface area contributed by atoms with E-state index in [0.717, 1.165) is 47.7 Å². The minimum atomic E-state index is -0.207. The van der Waals surface area contributed by atoms with Gasteiger partial charge in [-0.05, 0) is 54.1 Å². The summed E-state index contributed by atoms with van der Waals surface area (Å²) in [4.78, 5) is 34.2. The van der Waals surface area contributed by atoms with Gasteiger partial charge in [0.2, 0.25) is 11.8 Å². The Bertz CT molecular complexity index is 1360. The van der Waals surface area contributed by atoms with Gasteiger partial charge in [-0.25, -0.2) is 9.50 Å². The molecule has 3 aromatic rings. The van der Waals surface area contributed by atoms with Crippen molar-refractivity contribution in [3.05, 3.63) is 47.4 Å². The van der Waals surface area contributed by atoms with Crippen LogP contribution in [0.2, 0.25) is 5.02 Å². The Hall–Kier alpha value is -2.97. The van der Waals surface area contributed by atoms with Crippen molar-refractivity contribution in [1.29, 1.82) is 0 Å². The second-order valence-electron chi connectivity index (χ2n) is 11.0. The summed E-state index contributed by atoms with van der Waals surface area (Å²) < 4.78 is 1.78. The van der Waals surface area contributed by atoms with Gasteiger partial charge in [-0.15, -0.1) is 0 Å². The van der Waals surface area contributed by atoms with Crippen LogP contribution in [0, 0.1) is 23.2 Å². The number of rotatable bonds is 4. The Morgan fingerprint density at radius 1 is 1.14 bits per heavy atom. The van der Waals surface area contributed by atoms with E-state index in [1.807, 2.05) is 38.2 Å². The second-order valence-corrected chi connectivity index (χ2v) is 11.4. The number of hydrogen-bond donors (Lipinski definition) is 1. The molecular formula is C26H27ClN6O2. The van der Waals surface area contributed by atoms with E-state index in [4.69, 9.17) is 11.6 Å². The molecule has 35 heavy (non-hydrogen) atoms. The lowest BCUT2D eigenvalue weighted by Crippen LogP contribution is -2.35. The SMILES string of the molecule is CC1(C)C2C(=O)N(Cc3cc4c(-c5cc(Cl)ccc5N5C[C@H]6CCN[C@H]6C5)ncnn4c3)C(=O)C21. The zero-order chi connectivity index (χ0) is 24.1. The van der Waals surface area contributed by atoms with E-state index in [1.165, 1.54) is 11.3 Å². The van der Waals surface area contributed by atoms with Gasteiger partial charge in [-0.1, -0.05) is 25.4 Å². The average Bonchev–Trinajstić information content (AvgIpc) is 3.35. The highest BCUT2D eigenvalue weighted by molar-refractivity contribution is 6.31. The molecule has 1 aliphatic carbocycles. The molecular weight excluding hydrogens is 464 g/mol. The number of nitrogens with one attached hydrogen (secondary N) is 1. The smallest absolute Gasteiger partial charge is 0.233 e. The first kappa shape index (κ1) is 21.3. The number of benzene rings is 1. The highest BCUT2D eigenvalue weighted by atomic mass is 35.5. The molecule has 7 rings (SSSR count). The molecule has 5 heterocycles. The van der Waals surface area contributed by atoms with Crippen LogP contribution in [0.1, 0.15) is 25.8 Å². The Morgan fingerprint density at radius 3 is 2.71 bits per heavy atom. The van der Waals surface area contributed by atoms with Crippen molar-refractivity contribution in [2.45, 2.75) is 32.9 Å². The van der Waals surface area contributed by atoms with E-state index in [9.17, 15) is 9.59 Å². The molecule has 0 radical (unpaired) electrons. The molecule has 0 bridgehead atoms. The summed E-state index contributed by atoms with van der Waals surface area (Å²) in [5, 5.41) is 8.67. The number of halogens is 1. The van der Waals surface area contributed by atoms with Crippen molar-refractivity contribution in [1.82, 2.24) is 24.8 Å². The molecule has 180 valence electrons. The molecule has 4 aliphatic rings. The molecule has 2 unspecified atom stereocenters. The Balaban J connectivity index is 1.24. The molecule has 1 N–H and O–H groups in total. The Kier molecular flexibility index (Phi) is 4.43. The maximum absolute atomic E-state index is 12.8. The summed E-state index contributed by atoms with van der Waals surface area (Å²) in [6.07, 6.45) is 4.63. The molecule has 0 spiro atoms. The quantitative estimate of drug-likeness (QED) is 0.566. The minimum absolute atomic E-state index is 0.0584. The van der Waals surface area contributed by atoms with E-state index < -0.39 is 0 Å². The van der Waals surface area contributed by atoms with Crippen molar-refractivity contribution < 1.29 is 9.59 Å². The maximum atomic E-state index is 12.8. The number of amides is 2. The lowest BCUT2D eigenvalue weighted by atomic mass is 10.1. The number of anilines is 1. The Morgan fingerprint density at radius 2 is 1.94 bits per heavy atom. The largest absolute Gasteiger partial charge is 0.369 e. The number of imide groups is 1. The Labute approximate surface area is 208 Å². The van der Waals surface area contributed by atoms with Gasteiger partial charge in [0.05, 0.1) is 29.6 Å². The lowest BCUT2D eigenvalue weighted by Gasteiger charge is -2.23. The molecule has 2 aromatic heterocycles. The summed E-state index contributed by atoms with van der Waals surface area (Å²) >= 11 is 6.45. The fraction of sp³-hybridized carbons (Fsp3) is 0.462. The van der Waals surface area contributed by atoms with Crippen LogP contribution in [0.15, 0.2) is 36.8 Å². The molecule has 8 nitrogen and oxygen atoms in total. The molecule has 4 atom stereocenters. The number of carbonyl (C=O) groups excluding carboxylic acids is 2. The van der Waals surface area contributed by atoms with E-state index in [-0.39, 0.29) is 35.6 Å². The molecule has 1 aromatic carbocycles. The summed E-state index contributed by atoms with van der Waals surface area (Å²) in [6, 6.07) is 8.49. The van der Waals surface area contributed by atoms with E-state index in [2.05, 4.69) is 26.4 Å². The van der Waals surface area contributed by atoms with Crippen LogP contribution in [0.3, 0.4) is 0 Å². The number of nitrogens with zero attached hydrogens (tertiary/aromatic N) is 5. The second kappa shape index (κ2) is 7.27. The average molecular weight is 491 g/mol. The van der Waals surface area contributed by atoms with Gasteiger partial charge in [0.25, 0.3) is 0 Å². The van der Waals surface area contributed by atoms with Gasteiger partial charge in [0, 0.05) is 41.6 Å². The van der Waals surface area contributed by atoms with E-state index in [0.29, 0.717) is 17.0 Å². The summed E-state index contributed by atoms with van der Waals surface area (Å²) in [6.45, 7) is 7.32. The topological polar surface area (TPSA) is 82.8 Å². The minimum Gasteiger partial charge on any atom is -0.369 e. The molecule has 3 saturated heterocycles. The zero-order valence-corrected chi connectivity index (χ0v) is 20.5. The van der Waals surface area contributed by atoms with Gasteiger partial charge in [-0.3, -0.25) is 14.5 Å². The van der Waals surface area contributed by atoms with Crippen LogP contribution in [-0.2, 0) is 16.1 Å². The third-order valence-electron chi connectivity index (χ3n) is 8.61. The molecule has 2 amide bonds. The number of carbonyl (C=O) groups is 2. The highest BCUT2D eigenvalue weighted by Gasteiger charge is 2.72. The third-order valence-corrected chi connectivity index (χ3v) is 8.85. The summed E-state index contributed by atoms with van der Waals surface area (Å²) in [7, 11) is 0. The number of piperidine rings is 1. The van der Waals surface area contributed by atoms with E-state index in [1.54, 1.807) is 10.8 Å². The van der Waals surface area contributed by atoms with E-state index >= 15 is 0 Å². The predicted octanol–water partition coefficient (Wildman–Crippen LogP) is 2.99. The third kappa shape index (κ3) is 3.09. The van der Waals surface area contributed by atoms with Crippen molar-refractivity contribution in [2.75, 3.05) is 24.5 Å². The molecule has 3 aliphatic heterocycles. The molecule has 1 saturated carbocycles. The number of aromatic nitrogens is 3. The maximum Gasteiger partial charge on any atom is 0.233 e. The molecule has 4 fully saturated rings. The first-order valence-corrected chi connectivity index (χ1v) is 12.7. The van der Waals surface area contributed by atoms with Crippen LogP contribution in [0.25, 0.3) is 16.8 Å². The van der Waals surface area contributed by atoms with Crippen LogP contribution in [0.5, 0.6) is 0 Å². The van der Waals surface area contributed by atoms with Crippen LogP contribution < -0.4 is 10.2 Å².